The highest BCUT2D eigenvalue weighted by Gasteiger charge is 2.34. The van der Waals surface area contributed by atoms with Gasteiger partial charge in [0.15, 0.2) is 0 Å². The molecule has 0 unspecified atom stereocenters. The van der Waals surface area contributed by atoms with Gasteiger partial charge in [-0.2, -0.15) is 0 Å². The molecule has 0 radical (unpaired) electrons. The van der Waals surface area contributed by atoms with Gasteiger partial charge >= 0.3 is 0 Å². The molecule has 0 aliphatic rings. The Labute approximate surface area is 161 Å². The first kappa shape index (κ1) is 19.2. The van der Waals surface area contributed by atoms with Gasteiger partial charge < -0.3 is 10.6 Å². The van der Waals surface area contributed by atoms with Crippen LogP contribution in [0.25, 0.3) is 0 Å². The normalized spacial score (nSPS) is 12.6. The fourth-order valence-electron chi connectivity index (χ4n) is 2.09. The molecule has 0 aromatic heterocycles. The third kappa shape index (κ3) is 5.18. The zero-order valence-electron chi connectivity index (χ0n) is 13.0. The summed E-state index contributed by atoms with van der Waals surface area (Å²) < 4.78 is -1.75. The van der Waals surface area contributed by atoms with E-state index in [1.165, 1.54) is 0 Å². The summed E-state index contributed by atoms with van der Waals surface area (Å²) in [4.78, 5) is 12.4. The molecule has 0 aliphatic heterocycles. The van der Waals surface area contributed by atoms with E-state index in [4.69, 9.17) is 46.4 Å². The third-order valence-corrected chi connectivity index (χ3v) is 4.27. The Morgan fingerprint density at radius 2 is 1.79 bits per heavy atom. The minimum atomic E-state index is -1.75. The van der Waals surface area contributed by atoms with E-state index < -0.39 is 15.9 Å². The summed E-state index contributed by atoms with van der Waals surface area (Å²) in [6.07, 6.45) is -0.922. The lowest BCUT2D eigenvalue weighted by Crippen LogP contribution is -2.49. The first-order valence-corrected chi connectivity index (χ1v) is 8.65. The van der Waals surface area contributed by atoms with Gasteiger partial charge in [-0.05, 0) is 49.2 Å². The van der Waals surface area contributed by atoms with Crippen LogP contribution in [-0.4, -0.2) is 15.9 Å². The molecule has 2 aromatic carbocycles. The number of hydrogen-bond donors (Lipinski definition) is 2. The highest BCUT2D eigenvalue weighted by Crippen LogP contribution is 2.32. The van der Waals surface area contributed by atoms with Crippen LogP contribution < -0.4 is 10.6 Å². The lowest BCUT2D eigenvalue weighted by atomic mass is 10.1. The average Bonchev–Trinajstić information content (AvgIpc) is 2.49. The first-order valence-electron chi connectivity index (χ1n) is 7.14. The molecule has 0 heterocycles. The number of anilines is 1. The van der Waals surface area contributed by atoms with Crippen molar-refractivity contribution >= 4 is 58.0 Å². The molecule has 0 bridgehead atoms. The molecule has 2 N–H and O–H groups in total. The van der Waals surface area contributed by atoms with Crippen molar-refractivity contribution in [3.05, 3.63) is 64.2 Å². The van der Waals surface area contributed by atoms with Gasteiger partial charge in [0.05, 0.1) is 0 Å². The molecule has 0 aliphatic carbocycles. The molecule has 0 spiro atoms. The average molecular weight is 406 g/mol. The number of hydrogen-bond acceptors (Lipinski definition) is 2. The van der Waals surface area contributed by atoms with Crippen LogP contribution in [0.1, 0.15) is 21.5 Å². The van der Waals surface area contributed by atoms with Crippen LogP contribution in [0.3, 0.4) is 0 Å². The van der Waals surface area contributed by atoms with Gasteiger partial charge in [-0.3, -0.25) is 4.79 Å². The number of nitrogens with one attached hydrogen (secondary N) is 2. The molecule has 7 heteroatoms. The highest BCUT2D eigenvalue weighted by atomic mass is 35.6. The standard InChI is InChI=1S/C17H16Cl4N2O/c1-10-6-7-11(2)14(8-10)22-16(17(19,20)21)23-15(24)12-4-3-5-13(18)9-12/h3-9,16,22H,1-2H3,(H,23,24)/t16-/m0/s1. The Morgan fingerprint density at radius 1 is 1.08 bits per heavy atom. The van der Waals surface area contributed by atoms with E-state index in [9.17, 15) is 4.79 Å². The lowest BCUT2D eigenvalue weighted by Gasteiger charge is -2.28. The molecule has 0 saturated heterocycles. The van der Waals surface area contributed by atoms with Crippen LogP contribution in [0.2, 0.25) is 5.02 Å². The fraction of sp³-hybridized carbons (Fsp3) is 0.235. The van der Waals surface area contributed by atoms with Crippen LogP contribution in [0, 0.1) is 13.8 Å². The molecule has 0 saturated carbocycles. The third-order valence-electron chi connectivity index (χ3n) is 3.38. The molecule has 1 atom stereocenters. The number of carbonyl (C=O) groups is 1. The Hall–Kier alpha value is -1.13. The number of carbonyl (C=O) groups excluding carboxylic acids is 1. The number of amides is 1. The second kappa shape index (κ2) is 7.83. The Morgan fingerprint density at radius 3 is 2.42 bits per heavy atom. The predicted molar refractivity (Wildman–Crippen MR) is 103 cm³/mol. The maximum atomic E-state index is 12.4. The molecule has 128 valence electrons. The number of benzene rings is 2. The molecule has 1 amide bonds. The number of aryl methyl sites for hydroxylation is 2. The molecule has 2 rings (SSSR count). The van der Waals surface area contributed by atoms with Crippen molar-refractivity contribution in [3.63, 3.8) is 0 Å². The van der Waals surface area contributed by atoms with E-state index in [1.807, 2.05) is 32.0 Å². The van der Waals surface area contributed by atoms with Gasteiger partial charge in [-0.1, -0.05) is 64.6 Å². The van der Waals surface area contributed by atoms with Gasteiger partial charge in [-0.15, -0.1) is 0 Å². The zero-order valence-corrected chi connectivity index (χ0v) is 16.1. The molecule has 2 aromatic rings. The smallest absolute Gasteiger partial charge is 0.253 e. The summed E-state index contributed by atoms with van der Waals surface area (Å²) in [5, 5.41) is 6.23. The molecular formula is C17H16Cl4N2O. The fourth-order valence-corrected chi connectivity index (χ4v) is 2.61. The van der Waals surface area contributed by atoms with Crippen molar-refractivity contribution in [2.45, 2.75) is 23.8 Å². The largest absolute Gasteiger partial charge is 0.362 e. The van der Waals surface area contributed by atoms with Gasteiger partial charge in [0.2, 0.25) is 3.79 Å². The SMILES string of the molecule is Cc1ccc(C)c(N[C@@H](NC(=O)c2cccc(Cl)c2)C(Cl)(Cl)Cl)c1. The van der Waals surface area contributed by atoms with Gasteiger partial charge in [-0.25, -0.2) is 0 Å². The van der Waals surface area contributed by atoms with E-state index in [-0.39, 0.29) is 0 Å². The van der Waals surface area contributed by atoms with E-state index in [0.29, 0.717) is 10.6 Å². The quantitative estimate of drug-likeness (QED) is 0.521. The minimum absolute atomic E-state index is 0.379. The molecule has 0 fully saturated rings. The Kier molecular flexibility index (Phi) is 6.27. The monoisotopic (exact) mass is 404 g/mol. The first-order chi connectivity index (χ1) is 11.2. The van der Waals surface area contributed by atoms with Crippen LogP contribution in [0.4, 0.5) is 5.69 Å². The molecular weight excluding hydrogens is 390 g/mol. The summed E-state index contributed by atoms with van der Waals surface area (Å²) in [7, 11) is 0. The van der Waals surface area contributed by atoms with Gasteiger partial charge in [0, 0.05) is 16.3 Å². The van der Waals surface area contributed by atoms with Crippen LogP contribution in [-0.2, 0) is 0 Å². The predicted octanol–water partition coefficient (Wildman–Crippen LogP) is 5.50. The minimum Gasteiger partial charge on any atom is -0.362 e. The van der Waals surface area contributed by atoms with E-state index in [1.54, 1.807) is 24.3 Å². The topological polar surface area (TPSA) is 41.1 Å². The second-order valence-corrected chi connectivity index (χ2v) is 8.23. The van der Waals surface area contributed by atoms with Crippen LogP contribution in [0.5, 0.6) is 0 Å². The van der Waals surface area contributed by atoms with Crippen molar-refractivity contribution in [3.8, 4) is 0 Å². The van der Waals surface area contributed by atoms with Crippen molar-refractivity contribution in [2.75, 3.05) is 5.32 Å². The van der Waals surface area contributed by atoms with Gasteiger partial charge in [0.1, 0.15) is 6.17 Å². The number of rotatable bonds is 4. The number of halogens is 4. The maximum Gasteiger partial charge on any atom is 0.253 e. The summed E-state index contributed by atoms with van der Waals surface area (Å²) in [5.74, 6) is -0.397. The maximum absolute atomic E-state index is 12.4. The van der Waals surface area contributed by atoms with Crippen LogP contribution >= 0.6 is 46.4 Å². The summed E-state index contributed by atoms with van der Waals surface area (Å²) in [6, 6.07) is 12.4. The molecule has 24 heavy (non-hydrogen) atoms. The number of alkyl halides is 3. The van der Waals surface area contributed by atoms with Crippen molar-refractivity contribution in [1.82, 2.24) is 5.32 Å². The zero-order chi connectivity index (χ0) is 17.9. The Bertz CT molecular complexity index is 744. The summed E-state index contributed by atoms with van der Waals surface area (Å²) >= 11 is 24.0. The van der Waals surface area contributed by atoms with Crippen molar-refractivity contribution in [1.29, 1.82) is 0 Å². The van der Waals surface area contributed by atoms with Crippen molar-refractivity contribution < 1.29 is 4.79 Å². The Balaban J connectivity index is 2.23. The summed E-state index contributed by atoms with van der Waals surface area (Å²) in [5.41, 5.74) is 3.17. The second-order valence-electron chi connectivity index (χ2n) is 5.42. The van der Waals surface area contributed by atoms with E-state index in [0.717, 1.165) is 16.8 Å². The lowest BCUT2D eigenvalue weighted by molar-refractivity contribution is 0.0942. The summed E-state index contributed by atoms with van der Waals surface area (Å²) in [6.45, 7) is 3.88. The van der Waals surface area contributed by atoms with E-state index in [2.05, 4.69) is 10.6 Å². The van der Waals surface area contributed by atoms with Gasteiger partial charge in [0.25, 0.3) is 5.91 Å². The highest BCUT2D eigenvalue weighted by molar-refractivity contribution is 6.68. The van der Waals surface area contributed by atoms with Crippen molar-refractivity contribution in [2.24, 2.45) is 0 Å². The molecule has 3 nitrogen and oxygen atoms in total. The van der Waals surface area contributed by atoms with E-state index >= 15 is 0 Å². The van der Waals surface area contributed by atoms with Crippen LogP contribution in [0.15, 0.2) is 42.5 Å².